The van der Waals surface area contributed by atoms with Gasteiger partial charge in [-0.25, -0.2) is 4.39 Å². The van der Waals surface area contributed by atoms with Gasteiger partial charge in [0.1, 0.15) is 11.4 Å². The summed E-state index contributed by atoms with van der Waals surface area (Å²) in [6.07, 6.45) is 2.75. The Balaban J connectivity index is 1.87. The van der Waals surface area contributed by atoms with Crippen molar-refractivity contribution in [1.29, 1.82) is 0 Å². The van der Waals surface area contributed by atoms with E-state index in [0.29, 0.717) is 0 Å². The highest BCUT2D eigenvalue weighted by Crippen LogP contribution is 2.23. The van der Waals surface area contributed by atoms with E-state index in [1.54, 1.807) is 18.2 Å². The Hall–Kier alpha value is -2.43. The van der Waals surface area contributed by atoms with Crippen LogP contribution in [0.2, 0.25) is 0 Å². The quantitative estimate of drug-likeness (QED) is 0.906. The fourth-order valence-corrected chi connectivity index (χ4v) is 3.21. The highest BCUT2D eigenvalue weighted by atomic mass is 19.1. The van der Waals surface area contributed by atoms with Crippen LogP contribution in [0.5, 0.6) is 0 Å². The molecule has 0 saturated heterocycles. The van der Waals surface area contributed by atoms with Gasteiger partial charge >= 0.3 is 0 Å². The van der Waals surface area contributed by atoms with Gasteiger partial charge in [0.25, 0.3) is 11.5 Å². The van der Waals surface area contributed by atoms with Crippen molar-refractivity contribution in [2.45, 2.75) is 39.2 Å². The van der Waals surface area contributed by atoms with Crippen molar-refractivity contribution < 1.29 is 9.18 Å². The number of carbonyl (C=O) groups is 1. The number of benzene rings is 1. The minimum absolute atomic E-state index is 0.105. The summed E-state index contributed by atoms with van der Waals surface area (Å²) in [7, 11) is 0. The molecule has 5 heteroatoms. The fraction of sp³-hybridized carbons (Fsp3) is 0.368. The van der Waals surface area contributed by atoms with Crippen LogP contribution in [0.1, 0.15) is 53.5 Å². The molecular weight excluding hydrogens is 307 g/mol. The molecule has 24 heavy (non-hydrogen) atoms. The number of H-pyrrole nitrogens is 1. The van der Waals surface area contributed by atoms with Crippen molar-refractivity contribution in [3.05, 3.63) is 68.9 Å². The Morgan fingerprint density at radius 3 is 2.58 bits per heavy atom. The summed E-state index contributed by atoms with van der Waals surface area (Å²) in [5.41, 5.74) is 2.59. The largest absolute Gasteiger partial charge is 0.345 e. The molecule has 1 amide bonds. The van der Waals surface area contributed by atoms with E-state index in [-0.39, 0.29) is 28.9 Å². The number of aromatic amines is 1. The molecule has 2 N–H and O–H groups in total. The molecule has 2 aromatic rings. The molecule has 1 aliphatic carbocycles. The second-order valence-electron chi connectivity index (χ2n) is 6.62. The zero-order valence-corrected chi connectivity index (χ0v) is 13.9. The molecule has 1 aromatic carbocycles. The first-order valence-corrected chi connectivity index (χ1v) is 8.27. The van der Waals surface area contributed by atoms with Gasteiger partial charge in [-0.2, -0.15) is 0 Å². The third-order valence-electron chi connectivity index (χ3n) is 4.52. The minimum atomic E-state index is -0.394. The van der Waals surface area contributed by atoms with Gasteiger partial charge in [0.05, 0.1) is 6.04 Å². The first-order valence-electron chi connectivity index (χ1n) is 8.27. The van der Waals surface area contributed by atoms with Crippen LogP contribution in [0.25, 0.3) is 0 Å². The average molecular weight is 328 g/mol. The number of pyridine rings is 1. The molecule has 1 aliphatic rings. The molecule has 126 valence electrons. The molecule has 0 saturated carbocycles. The Kier molecular flexibility index (Phi) is 4.51. The molecule has 1 aromatic heterocycles. The smallest absolute Gasteiger partial charge is 0.261 e. The molecule has 0 aliphatic heterocycles. The van der Waals surface area contributed by atoms with Crippen molar-refractivity contribution in [2.24, 2.45) is 5.92 Å². The highest BCUT2D eigenvalue weighted by molar-refractivity contribution is 5.94. The Labute approximate surface area is 140 Å². The minimum Gasteiger partial charge on any atom is -0.345 e. The van der Waals surface area contributed by atoms with Gasteiger partial charge in [-0.05, 0) is 54.5 Å². The predicted octanol–water partition coefficient (Wildman–Crippen LogP) is 3.13. The van der Waals surface area contributed by atoms with E-state index in [4.69, 9.17) is 0 Å². The predicted molar refractivity (Wildman–Crippen MR) is 90.5 cm³/mol. The number of rotatable bonds is 4. The van der Waals surface area contributed by atoms with Crippen LogP contribution in [0.3, 0.4) is 0 Å². The van der Waals surface area contributed by atoms with E-state index in [0.717, 1.165) is 36.1 Å². The molecule has 1 heterocycles. The summed E-state index contributed by atoms with van der Waals surface area (Å²) in [4.78, 5) is 27.6. The zero-order valence-electron chi connectivity index (χ0n) is 13.9. The highest BCUT2D eigenvalue weighted by Gasteiger charge is 2.23. The van der Waals surface area contributed by atoms with Gasteiger partial charge in [0.15, 0.2) is 0 Å². The lowest BCUT2D eigenvalue weighted by atomic mass is 9.95. The van der Waals surface area contributed by atoms with E-state index < -0.39 is 5.91 Å². The van der Waals surface area contributed by atoms with Gasteiger partial charge in [-0.1, -0.05) is 26.0 Å². The number of halogens is 1. The van der Waals surface area contributed by atoms with E-state index in [2.05, 4.69) is 10.3 Å². The van der Waals surface area contributed by atoms with Crippen LogP contribution < -0.4 is 10.9 Å². The SMILES string of the molecule is CC(C)[C@H](NC(=O)c1cc2c([nH]c1=O)CCC2)c1ccc(F)cc1. The van der Waals surface area contributed by atoms with Crippen LogP contribution in [0.4, 0.5) is 4.39 Å². The average Bonchev–Trinajstić information content (AvgIpc) is 2.99. The monoisotopic (exact) mass is 328 g/mol. The second-order valence-corrected chi connectivity index (χ2v) is 6.62. The van der Waals surface area contributed by atoms with Crippen LogP contribution in [-0.4, -0.2) is 10.9 Å². The molecule has 0 radical (unpaired) electrons. The summed E-state index contributed by atoms with van der Waals surface area (Å²) in [5.74, 6) is -0.607. The third-order valence-corrected chi connectivity index (χ3v) is 4.52. The van der Waals surface area contributed by atoms with Gasteiger partial charge < -0.3 is 10.3 Å². The van der Waals surface area contributed by atoms with Crippen LogP contribution in [-0.2, 0) is 12.8 Å². The maximum Gasteiger partial charge on any atom is 0.261 e. The lowest BCUT2D eigenvalue weighted by Gasteiger charge is -2.23. The normalized spacial score (nSPS) is 14.5. The van der Waals surface area contributed by atoms with Crippen LogP contribution in [0.15, 0.2) is 35.1 Å². The molecule has 0 spiro atoms. The van der Waals surface area contributed by atoms with E-state index in [1.165, 1.54) is 12.1 Å². The maximum atomic E-state index is 13.1. The zero-order chi connectivity index (χ0) is 17.3. The van der Waals surface area contributed by atoms with Crippen molar-refractivity contribution in [2.75, 3.05) is 0 Å². The van der Waals surface area contributed by atoms with Crippen LogP contribution >= 0.6 is 0 Å². The van der Waals surface area contributed by atoms with Crippen molar-refractivity contribution >= 4 is 5.91 Å². The second kappa shape index (κ2) is 6.59. The molecule has 3 rings (SSSR count). The van der Waals surface area contributed by atoms with Gasteiger partial charge in [0, 0.05) is 5.69 Å². The Morgan fingerprint density at radius 2 is 1.92 bits per heavy atom. The number of aromatic nitrogens is 1. The number of hydrogen-bond acceptors (Lipinski definition) is 2. The summed E-state index contributed by atoms with van der Waals surface area (Å²) < 4.78 is 13.1. The lowest BCUT2D eigenvalue weighted by Crippen LogP contribution is -2.35. The molecule has 0 bridgehead atoms. The number of amides is 1. The van der Waals surface area contributed by atoms with Crippen molar-refractivity contribution in [1.82, 2.24) is 10.3 Å². The number of aryl methyl sites for hydroxylation is 2. The number of hydrogen-bond donors (Lipinski definition) is 2. The number of fused-ring (bicyclic) bond motifs is 1. The Bertz CT molecular complexity index is 809. The van der Waals surface area contributed by atoms with E-state index >= 15 is 0 Å². The topological polar surface area (TPSA) is 62.0 Å². The third kappa shape index (κ3) is 3.25. The summed E-state index contributed by atoms with van der Waals surface area (Å²) in [6, 6.07) is 7.49. The first kappa shape index (κ1) is 16.4. The summed E-state index contributed by atoms with van der Waals surface area (Å²) in [5, 5.41) is 2.92. The van der Waals surface area contributed by atoms with Crippen LogP contribution in [0, 0.1) is 11.7 Å². The fourth-order valence-electron chi connectivity index (χ4n) is 3.21. The van der Waals surface area contributed by atoms with E-state index in [1.807, 2.05) is 13.8 Å². The number of carbonyl (C=O) groups excluding carboxylic acids is 1. The molecular formula is C19H21FN2O2. The molecule has 1 atom stereocenters. The molecule has 0 fully saturated rings. The standard InChI is InChI=1S/C19H21FN2O2/c1-11(2)17(12-6-8-14(20)9-7-12)22-19(24)15-10-13-4-3-5-16(13)21-18(15)23/h6-11,17H,3-5H2,1-2H3,(H,21,23)(H,22,24)/t17-/m0/s1. The molecule has 4 nitrogen and oxygen atoms in total. The lowest BCUT2D eigenvalue weighted by molar-refractivity contribution is 0.0924. The first-order chi connectivity index (χ1) is 11.5. The van der Waals surface area contributed by atoms with Gasteiger partial charge in [-0.3, -0.25) is 9.59 Å². The van der Waals surface area contributed by atoms with Crippen molar-refractivity contribution in [3.8, 4) is 0 Å². The van der Waals surface area contributed by atoms with Crippen molar-refractivity contribution in [3.63, 3.8) is 0 Å². The van der Waals surface area contributed by atoms with Gasteiger partial charge in [-0.15, -0.1) is 0 Å². The summed E-state index contributed by atoms with van der Waals surface area (Å²) in [6.45, 7) is 3.95. The van der Waals surface area contributed by atoms with Gasteiger partial charge in [0.2, 0.25) is 0 Å². The Morgan fingerprint density at radius 1 is 1.21 bits per heavy atom. The molecule has 0 unspecified atom stereocenters. The van der Waals surface area contributed by atoms with E-state index in [9.17, 15) is 14.0 Å². The summed E-state index contributed by atoms with van der Waals surface area (Å²) >= 11 is 0. The number of nitrogens with one attached hydrogen (secondary N) is 2. The maximum absolute atomic E-state index is 13.1.